The Morgan fingerprint density at radius 1 is 0.378 bits per heavy atom. The van der Waals surface area contributed by atoms with Crippen LogP contribution in [0.2, 0.25) is 0 Å². The SMILES string of the molecule is OC[C@H]1O[C@H](O[C@@H]2[C@@H](O)[C@@H](OC[C@H]3O[C@H](O[C@@H]4[C@@H](O)[C@@H](O)O[C@H](CO)[C@H]4O)[C@H](O)[C@@H](O)[C@@H]3O)O[C@H](CO)[C@H]2O)[C@H](O)[C@@H](O)[C@@H]1O. The van der Waals surface area contributed by atoms with Gasteiger partial charge < -0.3 is 105 Å². The highest BCUT2D eigenvalue weighted by molar-refractivity contribution is 4.96. The number of aliphatic hydroxyl groups is 14. The third-order valence-electron chi connectivity index (χ3n) is 8.19. The molecule has 21 nitrogen and oxygen atoms in total. The standard InChI is InChI=1S/C24H42O21/c25-1-5-9(28)13(32)15(34)23(42-5)45-20-12(31)7(3-27)41-22(18(20)37)39-4-8-10(29)14(33)16(35)24(43-8)44-19-11(30)6(2-26)40-21(38)17(19)36/h5-38H,1-4H2/t5-,6-,7-,8-,9-,10-,11-,12-,13+,14+,15-,16-,17-,18-,19+,20+,21+,22+,23-,24-/m1/s1. The Bertz CT molecular complexity index is 916. The minimum Gasteiger partial charge on any atom is -0.394 e. The summed E-state index contributed by atoms with van der Waals surface area (Å²) in [4.78, 5) is 0. The summed E-state index contributed by atoms with van der Waals surface area (Å²) in [6.45, 7) is -3.17. The van der Waals surface area contributed by atoms with Gasteiger partial charge in [0.1, 0.15) is 97.7 Å². The Kier molecular flexibility index (Phi) is 12.8. The molecule has 0 unspecified atom stereocenters. The van der Waals surface area contributed by atoms with Crippen LogP contribution < -0.4 is 0 Å². The summed E-state index contributed by atoms with van der Waals surface area (Å²) in [6, 6.07) is 0. The van der Waals surface area contributed by atoms with Gasteiger partial charge in [0.25, 0.3) is 0 Å². The smallest absolute Gasteiger partial charge is 0.187 e. The third kappa shape index (κ3) is 7.59. The zero-order valence-corrected chi connectivity index (χ0v) is 23.5. The lowest BCUT2D eigenvalue weighted by Crippen LogP contribution is -2.66. The maximum Gasteiger partial charge on any atom is 0.187 e. The van der Waals surface area contributed by atoms with E-state index in [1.807, 2.05) is 0 Å². The average molecular weight is 667 g/mol. The van der Waals surface area contributed by atoms with Gasteiger partial charge in [0.15, 0.2) is 25.2 Å². The van der Waals surface area contributed by atoms with Crippen LogP contribution in [0.4, 0.5) is 0 Å². The van der Waals surface area contributed by atoms with Crippen molar-refractivity contribution in [3.05, 3.63) is 0 Å². The van der Waals surface area contributed by atoms with Crippen LogP contribution in [-0.4, -0.2) is 221 Å². The minimum atomic E-state index is -1.97. The number of hydrogen-bond donors (Lipinski definition) is 14. The van der Waals surface area contributed by atoms with E-state index in [0.29, 0.717) is 0 Å². The summed E-state index contributed by atoms with van der Waals surface area (Å²) in [5.41, 5.74) is 0. The van der Waals surface area contributed by atoms with Crippen molar-refractivity contribution >= 4 is 0 Å². The Labute approximate surface area is 254 Å². The molecule has 0 aromatic carbocycles. The van der Waals surface area contributed by atoms with E-state index in [-0.39, 0.29) is 0 Å². The topological polar surface area (TPSA) is 348 Å². The van der Waals surface area contributed by atoms with Gasteiger partial charge in [-0.1, -0.05) is 0 Å². The molecule has 4 rings (SSSR count). The van der Waals surface area contributed by atoms with E-state index in [4.69, 9.17) is 33.2 Å². The van der Waals surface area contributed by atoms with Crippen LogP contribution in [0.15, 0.2) is 0 Å². The summed E-state index contributed by atoms with van der Waals surface area (Å²) in [5.74, 6) is 0. The highest BCUT2D eigenvalue weighted by atomic mass is 16.8. The fourth-order valence-corrected chi connectivity index (χ4v) is 5.43. The van der Waals surface area contributed by atoms with Gasteiger partial charge in [-0.05, 0) is 0 Å². The summed E-state index contributed by atoms with van der Waals surface area (Å²) in [7, 11) is 0. The first-order valence-corrected chi connectivity index (χ1v) is 14.1. The molecule has 0 radical (unpaired) electrons. The molecule has 45 heavy (non-hydrogen) atoms. The second-order valence-corrected chi connectivity index (χ2v) is 11.2. The number of ether oxygens (including phenoxy) is 7. The van der Waals surface area contributed by atoms with Crippen LogP contribution in [0, 0.1) is 0 Å². The molecule has 264 valence electrons. The lowest BCUT2D eigenvalue weighted by atomic mass is 9.96. The fraction of sp³-hybridized carbons (Fsp3) is 1.00. The molecule has 4 fully saturated rings. The molecule has 21 heteroatoms. The molecule has 0 spiro atoms. The van der Waals surface area contributed by atoms with Gasteiger partial charge in [0.05, 0.1) is 26.4 Å². The molecule has 0 aromatic heterocycles. The van der Waals surface area contributed by atoms with Gasteiger partial charge in [-0.15, -0.1) is 0 Å². The monoisotopic (exact) mass is 666 g/mol. The molecule has 0 saturated carbocycles. The quantitative estimate of drug-likeness (QED) is 0.103. The van der Waals surface area contributed by atoms with E-state index in [0.717, 1.165) is 0 Å². The minimum absolute atomic E-state index is 0.742. The van der Waals surface area contributed by atoms with E-state index in [2.05, 4.69) is 0 Å². The van der Waals surface area contributed by atoms with Crippen molar-refractivity contribution < 1.29 is 105 Å². The van der Waals surface area contributed by atoms with E-state index in [1.165, 1.54) is 0 Å². The maximum atomic E-state index is 10.9. The number of hydrogen-bond acceptors (Lipinski definition) is 21. The molecule has 14 N–H and O–H groups in total. The van der Waals surface area contributed by atoms with Gasteiger partial charge in [-0.25, -0.2) is 0 Å². The summed E-state index contributed by atoms with van der Waals surface area (Å²) in [5, 5.41) is 142. The van der Waals surface area contributed by atoms with E-state index < -0.39 is 149 Å². The van der Waals surface area contributed by atoms with Crippen molar-refractivity contribution in [2.75, 3.05) is 26.4 Å². The molecule has 0 aromatic rings. The molecule has 4 heterocycles. The lowest BCUT2D eigenvalue weighted by Gasteiger charge is -2.47. The van der Waals surface area contributed by atoms with Crippen LogP contribution >= 0.6 is 0 Å². The molecule has 0 bridgehead atoms. The summed E-state index contributed by atoms with van der Waals surface area (Å²) < 4.78 is 37.4. The van der Waals surface area contributed by atoms with Crippen molar-refractivity contribution in [1.82, 2.24) is 0 Å². The molecular weight excluding hydrogens is 624 g/mol. The van der Waals surface area contributed by atoms with Gasteiger partial charge in [-0.2, -0.15) is 0 Å². The first-order valence-electron chi connectivity index (χ1n) is 14.1. The fourth-order valence-electron chi connectivity index (χ4n) is 5.43. The highest BCUT2D eigenvalue weighted by Gasteiger charge is 2.53. The van der Waals surface area contributed by atoms with Gasteiger partial charge in [0, 0.05) is 0 Å². The van der Waals surface area contributed by atoms with Crippen molar-refractivity contribution in [2.45, 2.75) is 123 Å². The molecule has 4 aliphatic rings. The van der Waals surface area contributed by atoms with Gasteiger partial charge in [0.2, 0.25) is 0 Å². The Morgan fingerprint density at radius 3 is 1.29 bits per heavy atom. The highest BCUT2D eigenvalue weighted by Crippen LogP contribution is 2.32. The number of aliphatic hydroxyl groups excluding tert-OH is 14. The second-order valence-electron chi connectivity index (χ2n) is 11.2. The van der Waals surface area contributed by atoms with Crippen molar-refractivity contribution in [2.24, 2.45) is 0 Å². The van der Waals surface area contributed by atoms with Crippen molar-refractivity contribution in [1.29, 1.82) is 0 Å². The average Bonchev–Trinajstić information content (AvgIpc) is 3.02. The molecule has 4 aliphatic heterocycles. The van der Waals surface area contributed by atoms with E-state index >= 15 is 0 Å². The third-order valence-corrected chi connectivity index (χ3v) is 8.19. The van der Waals surface area contributed by atoms with Gasteiger partial charge >= 0.3 is 0 Å². The van der Waals surface area contributed by atoms with Crippen LogP contribution in [0.1, 0.15) is 0 Å². The van der Waals surface area contributed by atoms with E-state index in [9.17, 15) is 71.5 Å². The Morgan fingerprint density at radius 2 is 0.778 bits per heavy atom. The van der Waals surface area contributed by atoms with Crippen LogP contribution in [0.5, 0.6) is 0 Å². The van der Waals surface area contributed by atoms with E-state index in [1.54, 1.807) is 0 Å². The number of rotatable bonds is 10. The molecule has 0 amide bonds. The zero-order chi connectivity index (χ0) is 33.3. The molecular formula is C24H42O21. The summed E-state index contributed by atoms with van der Waals surface area (Å²) >= 11 is 0. The van der Waals surface area contributed by atoms with Crippen LogP contribution in [0.25, 0.3) is 0 Å². The first-order chi connectivity index (χ1) is 21.2. The first kappa shape index (κ1) is 37.0. The van der Waals surface area contributed by atoms with Gasteiger partial charge in [-0.3, -0.25) is 0 Å². The lowest BCUT2D eigenvalue weighted by molar-refractivity contribution is -0.372. The Hall–Kier alpha value is -0.840. The Balaban J connectivity index is 1.44. The molecule has 20 atom stereocenters. The van der Waals surface area contributed by atoms with Crippen LogP contribution in [0.3, 0.4) is 0 Å². The second kappa shape index (κ2) is 15.6. The predicted octanol–water partition coefficient (Wildman–Crippen LogP) is -9.75. The van der Waals surface area contributed by atoms with Crippen LogP contribution in [-0.2, 0) is 33.2 Å². The normalized spacial score (nSPS) is 52.9. The largest absolute Gasteiger partial charge is 0.394 e. The van der Waals surface area contributed by atoms with Crippen molar-refractivity contribution in [3.63, 3.8) is 0 Å². The molecule has 0 aliphatic carbocycles. The van der Waals surface area contributed by atoms with Crippen molar-refractivity contribution in [3.8, 4) is 0 Å². The zero-order valence-electron chi connectivity index (χ0n) is 23.5. The molecule has 4 saturated heterocycles. The maximum absolute atomic E-state index is 10.9. The predicted molar refractivity (Wildman–Crippen MR) is 134 cm³/mol. The summed E-state index contributed by atoms with van der Waals surface area (Å²) in [6.07, 6.45) is -35.3.